The number of ether oxygens (including phenoxy) is 1. The van der Waals surface area contributed by atoms with Gasteiger partial charge in [0.1, 0.15) is 11.6 Å². The highest BCUT2D eigenvalue weighted by Gasteiger charge is 2.22. The molecule has 33 heavy (non-hydrogen) atoms. The number of aromatic amines is 1. The molecule has 0 spiro atoms. The predicted molar refractivity (Wildman–Crippen MR) is 129 cm³/mol. The van der Waals surface area contributed by atoms with Gasteiger partial charge >= 0.3 is 0 Å². The molecule has 7 heteroatoms. The summed E-state index contributed by atoms with van der Waals surface area (Å²) in [6.07, 6.45) is 2.85. The number of rotatable bonds is 6. The van der Waals surface area contributed by atoms with Crippen molar-refractivity contribution in [2.24, 2.45) is 0 Å². The van der Waals surface area contributed by atoms with Crippen molar-refractivity contribution in [3.63, 3.8) is 0 Å². The molecule has 0 atom stereocenters. The van der Waals surface area contributed by atoms with E-state index in [1.807, 2.05) is 36.4 Å². The molecule has 0 fully saturated rings. The SMILES string of the molecule is COc1ccc(Cn2cccc2CN2CCc3nc(-c4ccc(N)cc4)[nH]c(=O)c3C2)cc1. The van der Waals surface area contributed by atoms with Crippen LogP contribution >= 0.6 is 0 Å². The molecule has 7 nitrogen and oxygen atoms in total. The van der Waals surface area contributed by atoms with Crippen LogP contribution in [0.3, 0.4) is 0 Å². The lowest BCUT2D eigenvalue weighted by Crippen LogP contribution is -2.36. The van der Waals surface area contributed by atoms with E-state index in [4.69, 9.17) is 15.5 Å². The zero-order valence-electron chi connectivity index (χ0n) is 18.6. The van der Waals surface area contributed by atoms with Crippen LogP contribution < -0.4 is 16.0 Å². The number of hydrogen-bond donors (Lipinski definition) is 2. The molecule has 0 aliphatic carbocycles. The lowest BCUT2D eigenvalue weighted by Gasteiger charge is -2.28. The molecule has 0 saturated carbocycles. The van der Waals surface area contributed by atoms with E-state index in [0.29, 0.717) is 18.1 Å². The number of anilines is 1. The van der Waals surface area contributed by atoms with Crippen molar-refractivity contribution in [1.82, 2.24) is 19.4 Å². The fourth-order valence-corrected chi connectivity index (χ4v) is 4.30. The number of methoxy groups -OCH3 is 1. The van der Waals surface area contributed by atoms with Crippen LogP contribution in [-0.4, -0.2) is 33.1 Å². The number of nitrogens with two attached hydrogens (primary N) is 1. The summed E-state index contributed by atoms with van der Waals surface area (Å²) in [5.74, 6) is 1.46. The Kier molecular flexibility index (Phi) is 5.71. The minimum atomic E-state index is -0.0647. The lowest BCUT2D eigenvalue weighted by molar-refractivity contribution is 0.236. The monoisotopic (exact) mass is 441 g/mol. The molecule has 0 radical (unpaired) electrons. The number of benzene rings is 2. The Morgan fingerprint density at radius 2 is 1.85 bits per heavy atom. The van der Waals surface area contributed by atoms with Crippen LogP contribution in [0.1, 0.15) is 22.5 Å². The van der Waals surface area contributed by atoms with Gasteiger partial charge in [0, 0.05) is 55.7 Å². The molecule has 0 amide bonds. The highest BCUT2D eigenvalue weighted by Crippen LogP contribution is 2.21. The fourth-order valence-electron chi connectivity index (χ4n) is 4.30. The first-order chi connectivity index (χ1) is 16.1. The van der Waals surface area contributed by atoms with E-state index in [2.05, 4.69) is 44.9 Å². The van der Waals surface area contributed by atoms with E-state index < -0.39 is 0 Å². The summed E-state index contributed by atoms with van der Waals surface area (Å²) in [7, 11) is 1.68. The van der Waals surface area contributed by atoms with Crippen molar-refractivity contribution in [2.45, 2.75) is 26.1 Å². The van der Waals surface area contributed by atoms with Gasteiger partial charge in [0.15, 0.2) is 0 Å². The number of H-pyrrole nitrogens is 1. The summed E-state index contributed by atoms with van der Waals surface area (Å²) in [4.78, 5) is 22.9. The second-order valence-corrected chi connectivity index (χ2v) is 8.40. The molecular weight excluding hydrogens is 414 g/mol. The average Bonchev–Trinajstić information content (AvgIpc) is 3.26. The van der Waals surface area contributed by atoms with Gasteiger partial charge < -0.3 is 20.0 Å². The lowest BCUT2D eigenvalue weighted by atomic mass is 10.1. The molecule has 0 bridgehead atoms. The number of nitrogens with one attached hydrogen (secondary N) is 1. The van der Waals surface area contributed by atoms with Gasteiger partial charge in [-0.05, 0) is 54.1 Å². The standard InChI is InChI=1S/C26H27N5O2/c1-33-22-10-4-18(5-11-22)15-31-13-2-3-21(31)16-30-14-12-24-23(17-30)26(32)29-25(28-24)19-6-8-20(27)9-7-19/h2-11,13H,12,14-17,27H2,1H3,(H,28,29,32). The molecule has 1 aliphatic heterocycles. The third kappa shape index (κ3) is 4.54. The van der Waals surface area contributed by atoms with Gasteiger partial charge in [-0.15, -0.1) is 0 Å². The Hall–Kier alpha value is -3.84. The Morgan fingerprint density at radius 3 is 2.61 bits per heavy atom. The Bertz CT molecular complexity index is 1310. The van der Waals surface area contributed by atoms with E-state index in [0.717, 1.165) is 48.6 Å². The Labute approximate surface area is 192 Å². The van der Waals surface area contributed by atoms with E-state index in [-0.39, 0.29) is 5.56 Å². The fraction of sp³-hybridized carbons (Fsp3) is 0.231. The normalized spacial score (nSPS) is 13.6. The molecule has 168 valence electrons. The maximum Gasteiger partial charge on any atom is 0.255 e. The van der Waals surface area contributed by atoms with Crippen molar-refractivity contribution in [3.05, 3.63) is 99.7 Å². The second-order valence-electron chi connectivity index (χ2n) is 8.40. The summed E-state index contributed by atoms with van der Waals surface area (Å²) >= 11 is 0. The smallest absolute Gasteiger partial charge is 0.255 e. The predicted octanol–water partition coefficient (Wildman–Crippen LogP) is 3.44. The highest BCUT2D eigenvalue weighted by molar-refractivity contribution is 5.58. The van der Waals surface area contributed by atoms with Gasteiger partial charge in [0.2, 0.25) is 0 Å². The van der Waals surface area contributed by atoms with Crippen LogP contribution in [0.25, 0.3) is 11.4 Å². The van der Waals surface area contributed by atoms with E-state index in [9.17, 15) is 4.79 Å². The van der Waals surface area contributed by atoms with Gasteiger partial charge in [-0.2, -0.15) is 0 Å². The first kappa shape index (κ1) is 21.0. The maximum atomic E-state index is 12.9. The molecule has 5 rings (SSSR count). The van der Waals surface area contributed by atoms with Crippen molar-refractivity contribution in [2.75, 3.05) is 19.4 Å². The van der Waals surface area contributed by atoms with Crippen LogP contribution in [0.2, 0.25) is 0 Å². The third-order valence-corrected chi connectivity index (χ3v) is 6.15. The number of fused-ring (bicyclic) bond motifs is 1. The summed E-state index contributed by atoms with van der Waals surface area (Å²) in [6, 6.07) is 19.8. The molecule has 3 heterocycles. The third-order valence-electron chi connectivity index (χ3n) is 6.15. The minimum absolute atomic E-state index is 0.0647. The van der Waals surface area contributed by atoms with E-state index >= 15 is 0 Å². The Balaban J connectivity index is 1.31. The summed E-state index contributed by atoms with van der Waals surface area (Å²) < 4.78 is 7.51. The highest BCUT2D eigenvalue weighted by atomic mass is 16.5. The average molecular weight is 442 g/mol. The molecule has 3 N–H and O–H groups in total. The van der Waals surface area contributed by atoms with E-state index in [1.54, 1.807) is 7.11 Å². The zero-order valence-corrected chi connectivity index (χ0v) is 18.6. The Morgan fingerprint density at radius 1 is 1.06 bits per heavy atom. The quantitative estimate of drug-likeness (QED) is 0.448. The first-order valence-corrected chi connectivity index (χ1v) is 11.1. The van der Waals surface area contributed by atoms with Crippen LogP contribution in [0.5, 0.6) is 5.75 Å². The molecule has 2 aromatic carbocycles. The van der Waals surface area contributed by atoms with Crippen LogP contribution in [0.4, 0.5) is 5.69 Å². The van der Waals surface area contributed by atoms with Gasteiger partial charge in [-0.3, -0.25) is 9.69 Å². The van der Waals surface area contributed by atoms with Gasteiger partial charge in [-0.1, -0.05) is 12.1 Å². The molecule has 0 unspecified atom stereocenters. The number of hydrogen-bond acceptors (Lipinski definition) is 5. The first-order valence-electron chi connectivity index (χ1n) is 11.1. The summed E-state index contributed by atoms with van der Waals surface area (Å²) in [5.41, 5.74) is 11.3. The van der Waals surface area contributed by atoms with Crippen molar-refractivity contribution in [1.29, 1.82) is 0 Å². The molecule has 2 aromatic heterocycles. The number of aromatic nitrogens is 3. The summed E-state index contributed by atoms with van der Waals surface area (Å²) in [6.45, 7) is 3.03. The van der Waals surface area contributed by atoms with Crippen LogP contribution in [-0.2, 0) is 26.1 Å². The zero-order chi connectivity index (χ0) is 22.8. The van der Waals surface area contributed by atoms with Crippen molar-refractivity contribution < 1.29 is 4.74 Å². The van der Waals surface area contributed by atoms with Gasteiger partial charge in [0.25, 0.3) is 5.56 Å². The van der Waals surface area contributed by atoms with Crippen molar-refractivity contribution >= 4 is 5.69 Å². The molecule has 4 aromatic rings. The van der Waals surface area contributed by atoms with Crippen LogP contribution in [0.15, 0.2) is 71.7 Å². The maximum absolute atomic E-state index is 12.9. The second kappa shape index (κ2) is 8.96. The largest absolute Gasteiger partial charge is 0.497 e. The number of nitrogens with zero attached hydrogens (tertiary/aromatic N) is 3. The molecule has 0 saturated heterocycles. The van der Waals surface area contributed by atoms with Gasteiger partial charge in [0.05, 0.1) is 18.4 Å². The minimum Gasteiger partial charge on any atom is -0.497 e. The molecule has 1 aliphatic rings. The number of nitrogen functional groups attached to an aromatic ring is 1. The van der Waals surface area contributed by atoms with Gasteiger partial charge in [-0.25, -0.2) is 4.98 Å². The molecular formula is C26H27N5O2. The summed E-state index contributed by atoms with van der Waals surface area (Å²) in [5, 5.41) is 0. The van der Waals surface area contributed by atoms with Crippen molar-refractivity contribution in [3.8, 4) is 17.1 Å². The topological polar surface area (TPSA) is 89.2 Å². The van der Waals surface area contributed by atoms with E-state index in [1.165, 1.54) is 11.3 Å². The van der Waals surface area contributed by atoms with Crippen LogP contribution in [0, 0.1) is 0 Å².